The third-order valence-electron chi connectivity index (χ3n) is 4.41. The first-order valence-electron chi connectivity index (χ1n) is 8.79. The van der Waals surface area contributed by atoms with Crippen LogP contribution in [0.1, 0.15) is 25.5 Å². The number of thiocarbonyl (C=S) groups is 1. The summed E-state index contributed by atoms with van der Waals surface area (Å²) in [6.07, 6.45) is 2.55. The fourth-order valence-corrected chi connectivity index (χ4v) is 4.22. The minimum Gasteiger partial charge on any atom is -0.481 e. The van der Waals surface area contributed by atoms with Gasteiger partial charge in [-0.2, -0.15) is 0 Å². The number of amides is 1. The fraction of sp³-hybridized carbons (Fsp3) is 0.250. The molecule has 1 amide bonds. The monoisotopic (exact) mass is 453 g/mol. The maximum atomic E-state index is 14.0. The van der Waals surface area contributed by atoms with Gasteiger partial charge in [-0.15, -0.1) is 0 Å². The Balaban J connectivity index is 1.71. The van der Waals surface area contributed by atoms with Crippen LogP contribution in [0.25, 0.3) is 17.4 Å². The summed E-state index contributed by atoms with van der Waals surface area (Å²) < 4.78 is 20.1. The zero-order valence-corrected chi connectivity index (χ0v) is 17.7. The lowest BCUT2D eigenvalue weighted by Crippen LogP contribution is -2.29. The SMILES string of the molecule is CC(CCCN1C(=O)C(=Cc2ccc(-c3cc(Cl)ccc3F)o2)SC1=S)C(=O)O. The Kier molecular flexibility index (Phi) is 6.77. The molecule has 0 aliphatic carbocycles. The van der Waals surface area contributed by atoms with Gasteiger partial charge < -0.3 is 9.52 Å². The Bertz CT molecular complexity index is 1000. The van der Waals surface area contributed by atoms with Crippen LogP contribution in [0.2, 0.25) is 5.02 Å². The van der Waals surface area contributed by atoms with E-state index >= 15 is 0 Å². The molecule has 0 spiro atoms. The van der Waals surface area contributed by atoms with E-state index in [4.69, 9.17) is 33.3 Å². The van der Waals surface area contributed by atoms with Crippen LogP contribution in [0.4, 0.5) is 4.39 Å². The minimum absolute atomic E-state index is 0.234. The Morgan fingerprint density at radius 3 is 2.90 bits per heavy atom. The summed E-state index contributed by atoms with van der Waals surface area (Å²) >= 11 is 12.3. The number of thioether (sulfide) groups is 1. The molecule has 1 aliphatic rings. The van der Waals surface area contributed by atoms with Gasteiger partial charge in [0.15, 0.2) is 0 Å². The lowest BCUT2D eigenvalue weighted by molar-refractivity contribution is -0.141. The second kappa shape index (κ2) is 9.11. The van der Waals surface area contributed by atoms with Gasteiger partial charge in [-0.1, -0.05) is 42.5 Å². The number of halogens is 2. The van der Waals surface area contributed by atoms with Gasteiger partial charge in [0.1, 0.15) is 21.7 Å². The van der Waals surface area contributed by atoms with E-state index in [0.29, 0.717) is 45.2 Å². The van der Waals surface area contributed by atoms with Gasteiger partial charge in [0.25, 0.3) is 5.91 Å². The molecular formula is C20H17ClFNO4S2. The van der Waals surface area contributed by atoms with Crippen molar-refractivity contribution in [2.75, 3.05) is 6.54 Å². The van der Waals surface area contributed by atoms with Crippen molar-refractivity contribution in [3.63, 3.8) is 0 Å². The first-order chi connectivity index (χ1) is 13.8. The lowest BCUT2D eigenvalue weighted by atomic mass is 10.1. The molecule has 1 saturated heterocycles. The van der Waals surface area contributed by atoms with Crippen LogP contribution in [0.5, 0.6) is 0 Å². The summed E-state index contributed by atoms with van der Waals surface area (Å²) in [5, 5.41) is 9.33. The maximum absolute atomic E-state index is 14.0. The zero-order chi connectivity index (χ0) is 21.1. The number of hydrogen-bond acceptors (Lipinski definition) is 5. The zero-order valence-electron chi connectivity index (χ0n) is 15.4. The molecular weight excluding hydrogens is 437 g/mol. The lowest BCUT2D eigenvalue weighted by Gasteiger charge is -2.15. The van der Waals surface area contributed by atoms with Crippen molar-refractivity contribution in [3.05, 3.63) is 51.8 Å². The van der Waals surface area contributed by atoms with Crippen molar-refractivity contribution >= 4 is 57.9 Å². The van der Waals surface area contributed by atoms with Crippen LogP contribution in [0.15, 0.2) is 39.7 Å². The van der Waals surface area contributed by atoms with Crippen LogP contribution < -0.4 is 0 Å². The number of carboxylic acids is 1. The molecule has 2 aromatic rings. The molecule has 1 fully saturated rings. The predicted octanol–water partition coefficient (Wildman–Crippen LogP) is 5.44. The molecule has 1 N–H and O–H groups in total. The number of aliphatic carboxylic acids is 1. The highest BCUT2D eigenvalue weighted by Crippen LogP contribution is 2.34. The number of furan rings is 1. The number of carbonyl (C=O) groups is 2. The third kappa shape index (κ3) is 5.07. The van der Waals surface area contributed by atoms with Crippen molar-refractivity contribution in [2.24, 2.45) is 5.92 Å². The van der Waals surface area contributed by atoms with E-state index in [0.717, 1.165) is 11.8 Å². The van der Waals surface area contributed by atoms with Gasteiger partial charge in [0, 0.05) is 17.6 Å². The van der Waals surface area contributed by atoms with Gasteiger partial charge in [0.2, 0.25) is 0 Å². The molecule has 29 heavy (non-hydrogen) atoms. The first kappa shape index (κ1) is 21.5. The van der Waals surface area contributed by atoms with E-state index in [2.05, 4.69) is 0 Å². The topological polar surface area (TPSA) is 70.8 Å². The van der Waals surface area contributed by atoms with Gasteiger partial charge >= 0.3 is 5.97 Å². The summed E-state index contributed by atoms with van der Waals surface area (Å²) in [6.45, 7) is 1.99. The quantitative estimate of drug-likeness (QED) is 0.444. The van der Waals surface area contributed by atoms with Gasteiger partial charge in [-0.05, 0) is 43.2 Å². The van der Waals surface area contributed by atoms with Crippen LogP contribution in [-0.2, 0) is 9.59 Å². The molecule has 0 saturated carbocycles. The highest BCUT2D eigenvalue weighted by molar-refractivity contribution is 8.26. The van der Waals surface area contributed by atoms with Crippen molar-refractivity contribution in [1.29, 1.82) is 0 Å². The Labute approximate surface area is 181 Å². The first-order valence-corrected chi connectivity index (χ1v) is 10.4. The third-order valence-corrected chi connectivity index (χ3v) is 6.02. The molecule has 1 aliphatic heterocycles. The normalized spacial score (nSPS) is 16.7. The minimum atomic E-state index is -0.861. The van der Waals surface area contributed by atoms with E-state index in [9.17, 15) is 14.0 Å². The standard InChI is InChI=1S/C20H17ClFNO4S2/c1-11(19(25)26)3-2-8-23-18(24)17(29-20(23)28)10-13-5-7-16(27-13)14-9-12(21)4-6-15(14)22/h4-7,9-11H,2-3,8H2,1H3,(H,25,26). The summed E-state index contributed by atoms with van der Waals surface area (Å²) in [4.78, 5) is 25.4. The molecule has 1 aromatic heterocycles. The van der Waals surface area contributed by atoms with Crippen molar-refractivity contribution in [3.8, 4) is 11.3 Å². The van der Waals surface area contributed by atoms with Gasteiger partial charge in [-0.25, -0.2) is 4.39 Å². The molecule has 0 radical (unpaired) electrons. The molecule has 9 heteroatoms. The smallest absolute Gasteiger partial charge is 0.306 e. The van der Waals surface area contributed by atoms with Crippen LogP contribution in [-0.4, -0.2) is 32.7 Å². The molecule has 3 rings (SSSR count). The molecule has 5 nitrogen and oxygen atoms in total. The highest BCUT2D eigenvalue weighted by Gasteiger charge is 2.32. The maximum Gasteiger partial charge on any atom is 0.306 e. The molecule has 1 aromatic carbocycles. The predicted molar refractivity (Wildman–Crippen MR) is 115 cm³/mol. The summed E-state index contributed by atoms with van der Waals surface area (Å²) in [6, 6.07) is 7.42. The average Bonchev–Trinajstić information content (AvgIpc) is 3.23. The van der Waals surface area contributed by atoms with Crippen LogP contribution in [0.3, 0.4) is 0 Å². The van der Waals surface area contributed by atoms with Crippen molar-refractivity contribution in [2.45, 2.75) is 19.8 Å². The second-order valence-electron chi connectivity index (χ2n) is 6.54. The van der Waals surface area contributed by atoms with Crippen molar-refractivity contribution in [1.82, 2.24) is 4.90 Å². The average molecular weight is 454 g/mol. The number of nitrogens with zero attached hydrogens (tertiary/aromatic N) is 1. The summed E-state index contributed by atoms with van der Waals surface area (Å²) in [5.74, 6) is -1.36. The van der Waals surface area contributed by atoms with Crippen molar-refractivity contribution < 1.29 is 23.5 Å². The molecule has 1 unspecified atom stereocenters. The molecule has 0 bridgehead atoms. The van der Waals surface area contributed by atoms with Crippen LogP contribution >= 0.6 is 35.6 Å². The second-order valence-corrected chi connectivity index (χ2v) is 8.65. The summed E-state index contributed by atoms with van der Waals surface area (Å²) in [7, 11) is 0. The number of carbonyl (C=O) groups excluding carboxylic acids is 1. The van der Waals surface area contributed by atoms with E-state index < -0.39 is 17.7 Å². The number of hydrogen-bond donors (Lipinski definition) is 1. The van der Waals surface area contributed by atoms with Gasteiger partial charge in [0.05, 0.1) is 16.4 Å². The number of benzene rings is 1. The van der Waals surface area contributed by atoms with E-state index in [1.54, 1.807) is 25.1 Å². The van der Waals surface area contributed by atoms with Crippen LogP contribution in [0, 0.1) is 11.7 Å². The highest BCUT2D eigenvalue weighted by atomic mass is 35.5. The molecule has 152 valence electrons. The largest absolute Gasteiger partial charge is 0.481 e. The molecule has 2 heterocycles. The van der Waals surface area contributed by atoms with E-state index in [1.165, 1.54) is 23.1 Å². The fourth-order valence-electron chi connectivity index (χ4n) is 2.76. The van der Waals surface area contributed by atoms with E-state index in [1.807, 2.05) is 0 Å². The number of rotatable bonds is 7. The number of carboxylic acid groups (broad SMARTS) is 1. The van der Waals surface area contributed by atoms with E-state index in [-0.39, 0.29) is 11.5 Å². The Morgan fingerprint density at radius 1 is 1.41 bits per heavy atom. The Morgan fingerprint density at radius 2 is 2.17 bits per heavy atom. The molecule has 1 atom stereocenters. The van der Waals surface area contributed by atoms with Gasteiger partial charge in [-0.3, -0.25) is 14.5 Å². The summed E-state index contributed by atoms with van der Waals surface area (Å²) in [5.41, 5.74) is 0.234. The Hall–Kier alpha value is -2.16.